The molecule has 19 heavy (non-hydrogen) atoms. The minimum Gasteiger partial charge on any atom is -0.198 e. The Morgan fingerprint density at radius 3 is 2.47 bits per heavy atom. The van der Waals surface area contributed by atoms with E-state index in [4.69, 9.17) is 0 Å². The lowest BCUT2D eigenvalue weighted by molar-refractivity contribution is 0.263. The third-order valence-corrected chi connectivity index (χ3v) is 7.14. The lowest BCUT2D eigenvalue weighted by Crippen LogP contribution is -2.52. The van der Waals surface area contributed by atoms with Gasteiger partial charge in [0.1, 0.15) is 0 Å². The van der Waals surface area contributed by atoms with Crippen LogP contribution in [0, 0.1) is 0 Å². The quantitative estimate of drug-likeness (QED) is 0.627. The molecule has 2 aliphatic rings. The maximum atomic E-state index is 12.5. The van der Waals surface area contributed by atoms with Crippen LogP contribution in [-0.4, -0.2) is 36.2 Å². The van der Waals surface area contributed by atoms with Gasteiger partial charge in [-0.15, -0.1) is 0 Å². The van der Waals surface area contributed by atoms with Crippen LogP contribution in [0.25, 0.3) is 0 Å². The van der Waals surface area contributed by atoms with E-state index in [1.165, 1.54) is 12.8 Å². The molecule has 1 aliphatic carbocycles. The summed E-state index contributed by atoms with van der Waals surface area (Å²) < 4.78 is 29.6. The summed E-state index contributed by atoms with van der Waals surface area (Å²) >= 11 is 3.65. The van der Waals surface area contributed by atoms with Gasteiger partial charge in [-0.2, -0.15) is 17.4 Å². The van der Waals surface area contributed by atoms with E-state index in [-0.39, 0.29) is 16.9 Å². The molecule has 1 saturated carbocycles. The third kappa shape index (κ3) is 4.16. The van der Waals surface area contributed by atoms with Gasteiger partial charge in [-0.3, -0.25) is 0 Å². The number of rotatable bonds is 3. The number of halogens is 1. The van der Waals surface area contributed by atoms with Crippen molar-refractivity contribution in [3.05, 3.63) is 0 Å². The second-order valence-electron chi connectivity index (χ2n) is 5.84. The number of hydrogen-bond donors (Lipinski definition) is 1. The SMILES string of the molecule is CC1CCCCN1S(=O)(=O)NC1CCCCCC1Br. The van der Waals surface area contributed by atoms with Crippen molar-refractivity contribution in [1.82, 2.24) is 9.03 Å². The summed E-state index contributed by atoms with van der Waals surface area (Å²) in [7, 11) is -3.33. The van der Waals surface area contributed by atoms with Crippen LogP contribution in [0.5, 0.6) is 0 Å². The average Bonchev–Trinajstić information content (AvgIpc) is 2.55. The number of piperidine rings is 1. The molecule has 4 nitrogen and oxygen atoms in total. The van der Waals surface area contributed by atoms with Crippen LogP contribution in [0.1, 0.15) is 58.3 Å². The number of nitrogens with one attached hydrogen (secondary N) is 1. The van der Waals surface area contributed by atoms with Crippen molar-refractivity contribution in [1.29, 1.82) is 0 Å². The summed E-state index contributed by atoms with van der Waals surface area (Å²) in [6.07, 6.45) is 8.61. The molecule has 1 N–H and O–H groups in total. The maximum absolute atomic E-state index is 12.5. The smallest absolute Gasteiger partial charge is 0.198 e. The number of nitrogens with zero attached hydrogens (tertiary/aromatic N) is 1. The van der Waals surface area contributed by atoms with Crippen molar-refractivity contribution in [2.75, 3.05) is 6.54 Å². The van der Waals surface area contributed by atoms with Gasteiger partial charge >= 0.3 is 0 Å². The van der Waals surface area contributed by atoms with E-state index in [1.807, 2.05) is 6.92 Å². The fourth-order valence-electron chi connectivity index (χ4n) is 3.08. The van der Waals surface area contributed by atoms with Crippen LogP contribution in [0.2, 0.25) is 0 Å². The Balaban J connectivity index is 2.02. The summed E-state index contributed by atoms with van der Waals surface area (Å²) in [5.74, 6) is 0. The van der Waals surface area contributed by atoms with Gasteiger partial charge in [0, 0.05) is 23.5 Å². The standard InChI is InChI=1S/C13H25BrN2O2S/c1-11-7-5-6-10-16(11)19(17,18)15-13-9-4-2-3-8-12(13)14/h11-13,15H,2-10H2,1H3. The van der Waals surface area contributed by atoms with Crippen LogP contribution in [0.4, 0.5) is 0 Å². The van der Waals surface area contributed by atoms with Crippen molar-refractivity contribution >= 4 is 26.1 Å². The molecule has 2 rings (SSSR count). The van der Waals surface area contributed by atoms with Crippen molar-refractivity contribution in [2.24, 2.45) is 0 Å². The maximum Gasteiger partial charge on any atom is 0.279 e. The summed E-state index contributed by atoms with van der Waals surface area (Å²) in [6, 6.07) is 0.174. The third-order valence-electron chi connectivity index (χ3n) is 4.28. The summed E-state index contributed by atoms with van der Waals surface area (Å²) in [4.78, 5) is 0.268. The molecule has 1 saturated heterocycles. The molecular weight excluding hydrogens is 328 g/mol. The first-order chi connectivity index (χ1) is 9.00. The van der Waals surface area contributed by atoms with E-state index >= 15 is 0 Å². The summed E-state index contributed by atoms with van der Waals surface area (Å²) in [5, 5.41) is 0. The van der Waals surface area contributed by atoms with Crippen LogP contribution >= 0.6 is 15.9 Å². The molecular formula is C13H25BrN2O2S. The Morgan fingerprint density at radius 1 is 1.05 bits per heavy atom. The average molecular weight is 353 g/mol. The normalized spacial score (nSPS) is 34.9. The Morgan fingerprint density at radius 2 is 1.74 bits per heavy atom. The van der Waals surface area contributed by atoms with Gasteiger partial charge in [-0.25, -0.2) is 0 Å². The van der Waals surface area contributed by atoms with E-state index in [9.17, 15) is 8.42 Å². The van der Waals surface area contributed by atoms with Gasteiger partial charge in [0.15, 0.2) is 0 Å². The lowest BCUT2D eigenvalue weighted by Gasteiger charge is -2.34. The van der Waals surface area contributed by atoms with Gasteiger partial charge in [0.2, 0.25) is 0 Å². The summed E-state index contributed by atoms with van der Waals surface area (Å²) in [5.41, 5.74) is 0. The second-order valence-corrected chi connectivity index (χ2v) is 8.67. The Hall–Kier alpha value is 0.350. The lowest BCUT2D eigenvalue weighted by atomic mass is 10.1. The van der Waals surface area contributed by atoms with E-state index in [1.54, 1.807) is 4.31 Å². The monoisotopic (exact) mass is 352 g/mol. The zero-order valence-electron chi connectivity index (χ0n) is 11.6. The van der Waals surface area contributed by atoms with Crippen molar-refractivity contribution in [3.8, 4) is 0 Å². The molecule has 6 heteroatoms. The fourth-order valence-corrected chi connectivity index (χ4v) is 5.73. The van der Waals surface area contributed by atoms with E-state index < -0.39 is 10.2 Å². The highest BCUT2D eigenvalue weighted by Gasteiger charge is 2.33. The van der Waals surface area contributed by atoms with Crippen molar-refractivity contribution in [2.45, 2.75) is 75.2 Å². The molecule has 0 radical (unpaired) electrons. The first-order valence-electron chi connectivity index (χ1n) is 7.44. The van der Waals surface area contributed by atoms with Gasteiger partial charge < -0.3 is 0 Å². The van der Waals surface area contributed by atoms with Crippen molar-refractivity contribution in [3.63, 3.8) is 0 Å². The predicted octanol–water partition coefficient (Wildman–Crippen LogP) is 2.79. The molecule has 0 aromatic carbocycles. The van der Waals surface area contributed by atoms with Gasteiger partial charge in [-0.05, 0) is 32.6 Å². The topological polar surface area (TPSA) is 49.4 Å². The Kier molecular flexibility index (Phi) is 5.69. The Bertz CT molecular complexity index is 388. The van der Waals surface area contributed by atoms with E-state index in [0.29, 0.717) is 6.54 Å². The van der Waals surface area contributed by atoms with Gasteiger partial charge in [0.25, 0.3) is 10.2 Å². The number of hydrogen-bond acceptors (Lipinski definition) is 2. The minimum absolute atomic E-state index is 0.0432. The molecule has 0 amide bonds. The highest BCUT2D eigenvalue weighted by atomic mass is 79.9. The van der Waals surface area contributed by atoms with Crippen LogP contribution < -0.4 is 4.72 Å². The molecule has 3 unspecified atom stereocenters. The summed E-state index contributed by atoms with van der Waals surface area (Å²) in [6.45, 7) is 2.67. The molecule has 2 fully saturated rings. The van der Waals surface area contributed by atoms with Gasteiger partial charge in [0.05, 0.1) is 0 Å². The fraction of sp³-hybridized carbons (Fsp3) is 1.00. The van der Waals surface area contributed by atoms with Crippen LogP contribution in [-0.2, 0) is 10.2 Å². The first kappa shape index (κ1) is 15.7. The zero-order chi connectivity index (χ0) is 13.9. The molecule has 0 bridgehead atoms. The van der Waals surface area contributed by atoms with E-state index in [2.05, 4.69) is 20.7 Å². The molecule has 1 heterocycles. The molecule has 112 valence electrons. The second kappa shape index (κ2) is 6.87. The van der Waals surface area contributed by atoms with E-state index in [0.717, 1.165) is 38.5 Å². The molecule has 0 aromatic rings. The zero-order valence-corrected chi connectivity index (χ0v) is 14.0. The Labute approximate surface area is 125 Å². The molecule has 0 aromatic heterocycles. The minimum atomic E-state index is -3.33. The largest absolute Gasteiger partial charge is 0.279 e. The van der Waals surface area contributed by atoms with Crippen LogP contribution in [0.15, 0.2) is 0 Å². The molecule has 0 spiro atoms. The predicted molar refractivity (Wildman–Crippen MR) is 81.7 cm³/mol. The van der Waals surface area contributed by atoms with Crippen molar-refractivity contribution < 1.29 is 8.42 Å². The highest BCUT2D eigenvalue weighted by molar-refractivity contribution is 9.09. The highest BCUT2D eigenvalue weighted by Crippen LogP contribution is 2.26. The first-order valence-corrected chi connectivity index (χ1v) is 9.79. The van der Waals surface area contributed by atoms with Crippen LogP contribution in [0.3, 0.4) is 0 Å². The molecule has 1 aliphatic heterocycles. The molecule has 3 atom stereocenters. The van der Waals surface area contributed by atoms with Gasteiger partial charge in [-0.1, -0.05) is 41.6 Å². The number of alkyl halides is 1.